The third-order valence-corrected chi connectivity index (χ3v) is 3.87. The number of hydrogen-bond acceptors (Lipinski definition) is 2. The van der Waals surface area contributed by atoms with Crippen molar-refractivity contribution in [1.82, 2.24) is 9.80 Å². The molecule has 0 aliphatic carbocycles. The topological polar surface area (TPSA) is 60.9 Å². The van der Waals surface area contributed by atoms with Crippen LogP contribution in [0.2, 0.25) is 0 Å². The summed E-state index contributed by atoms with van der Waals surface area (Å²) in [4.78, 5) is 26.7. The van der Waals surface area contributed by atoms with Crippen LogP contribution < -0.4 is 0 Å². The van der Waals surface area contributed by atoms with Crippen LogP contribution in [-0.2, 0) is 17.8 Å². The van der Waals surface area contributed by atoms with Crippen LogP contribution in [0.25, 0.3) is 0 Å². The van der Waals surface area contributed by atoms with Crippen LogP contribution in [0.5, 0.6) is 0 Å². The third-order valence-electron chi connectivity index (χ3n) is 3.87. The Kier molecular flexibility index (Phi) is 5.20. The van der Waals surface area contributed by atoms with E-state index in [4.69, 9.17) is 5.11 Å². The second kappa shape index (κ2) is 7.11. The van der Waals surface area contributed by atoms with Gasteiger partial charge in [0.2, 0.25) is 0 Å². The van der Waals surface area contributed by atoms with Gasteiger partial charge in [-0.05, 0) is 30.9 Å². The molecule has 1 aromatic carbocycles. The van der Waals surface area contributed by atoms with Crippen molar-refractivity contribution in [2.24, 2.45) is 0 Å². The maximum absolute atomic E-state index is 12.6. The van der Waals surface area contributed by atoms with Crippen molar-refractivity contribution in [1.29, 1.82) is 0 Å². The van der Waals surface area contributed by atoms with Crippen molar-refractivity contribution >= 4 is 12.0 Å². The standard InChI is InChI=1S/C16H22N2O3/c1-2-17(11-9-15(19)20)16(21)18-10-5-8-13-6-3-4-7-14(13)12-18/h3-4,6-7H,2,5,8-12H2,1H3,(H,19,20). The van der Waals surface area contributed by atoms with Crippen LogP contribution in [0.4, 0.5) is 4.79 Å². The van der Waals surface area contributed by atoms with E-state index in [-0.39, 0.29) is 19.0 Å². The molecule has 0 aromatic heterocycles. The zero-order chi connectivity index (χ0) is 15.2. The van der Waals surface area contributed by atoms with Crippen molar-refractivity contribution in [3.63, 3.8) is 0 Å². The number of aryl methyl sites for hydroxylation is 1. The Bertz CT molecular complexity index is 516. The number of aliphatic carboxylic acids is 1. The highest BCUT2D eigenvalue weighted by Crippen LogP contribution is 2.19. The van der Waals surface area contributed by atoms with E-state index in [1.807, 2.05) is 24.0 Å². The molecule has 1 heterocycles. The second-order valence-electron chi connectivity index (χ2n) is 5.30. The Morgan fingerprint density at radius 2 is 2.00 bits per heavy atom. The van der Waals surface area contributed by atoms with Gasteiger partial charge >= 0.3 is 12.0 Å². The first-order valence-electron chi connectivity index (χ1n) is 7.44. The minimum absolute atomic E-state index is 0.00991. The van der Waals surface area contributed by atoms with E-state index in [1.165, 1.54) is 11.1 Å². The molecule has 114 valence electrons. The SMILES string of the molecule is CCN(CCC(=O)O)C(=O)N1CCCc2ccccc2C1. The normalized spacial score (nSPS) is 14.2. The zero-order valence-electron chi connectivity index (χ0n) is 12.4. The van der Waals surface area contributed by atoms with Crippen molar-refractivity contribution in [2.45, 2.75) is 32.7 Å². The molecule has 0 radical (unpaired) electrons. The Balaban J connectivity index is 2.06. The monoisotopic (exact) mass is 290 g/mol. The Labute approximate surface area is 125 Å². The summed E-state index contributed by atoms with van der Waals surface area (Å²) in [5.74, 6) is -0.873. The van der Waals surface area contributed by atoms with Crippen LogP contribution in [0, 0.1) is 0 Å². The summed E-state index contributed by atoms with van der Waals surface area (Å²) in [6, 6.07) is 8.14. The first kappa shape index (κ1) is 15.4. The largest absolute Gasteiger partial charge is 0.481 e. The summed E-state index contributed by atoms with van der Waals surface area (Å²) in [7, 11) is 0. The zero-order valence-corrected chi connectivity index (χ0v) is 12.4. The predicted octanol–water partition coefficient (Wildman–Crippen LogP) is 2.35. The first-order chi connectivity index (χ1) is 10.1. The molecule has 0 fully saturated rings. The summed E-state index contributed by atoms with van der Waals surface area (Å²) in [6.45, 7) is 4.01. The fourth-order valence-electron chi connectivity index (χ4n) is 2.68. The number of carboxylic acid groups (broad SMARTS) is 1. The summed E-state index contributed by atoms with van der Waals surface area (Å²) in [5, 5.41) is 8.77. The number of carbonyl (C=O) groups excluding carboxylic acids is 1. The minimum Gasteiger partial charge on any atom is -0.481 e. The number of carbonyl (C=O) groups is 2. The van der Waals surface area contributed by atoms with Crippen LogP contribution in [0.15, 0.2) is 24.3 Å². The molecule has 0 spiro atoms. The first-order valence-corrected chi connectivity index (χ1v) is 7.44. The van der Waals surface area contributed by atoms with E-state index in [0.29, 0.717) is 13.1 Å². The number of urea groups is 1. The van der Waals surface area contributed by atoms with Gasteiger partial charge < -0.3 is 14.9 Å². The lowest BCUT2D eigenvalue weighted by Gasteiger charge is -2.29. The molecule has 0 unspecified atom stereocenters. The molecule has 0 saturated carbocycles. The van der Waals surface area contributed by atoms with Gasteiger partial charge in [-0.2, -0.15) is 0 Å². The Morgan fingerprint density at radius 3 is 2.67 bits per heavy atom. The van der Waals surface area contributed by atoms with Crippen molar-refractivity contribution in [3.05, 3.63) is 35.4 Å². The van der Waals surface area contributed by atoms with Crippen LogP contribution >= 0.6 is 0 Å². The van der Waals surface area contributed by atoms with Gasteiger partial charge in [0.25, 0.3) is 0 Å². The molecule has 0 saturated heterocycles. The highest BCUT2D eigenvalue weighted by molar-refractivity contribution is 5.75. The summed E-state index contributed by atoms with van der Waals surface area (Å²) in [6.07, 6.45) is 1.92. The molecule has 2 rings (SSSR count). The van der Waals surface area contributed by atoms with E-state index in [2.05, 4.69) is 12.1 Å². The average molecular weight is 290 g/mol. The lowest BCUT2D eigenvalue weighted by molar-refractivity contribution is -0.137. The van der Waals surface area contributed by atoms with Gasteiger partial charge in [0.05, 0.1) is 6.42 Å². The smallest absolute Gasteiger partial charge is 0.320 e. The Hall–Kier alpha value is -2.04. The van der Waals surface area contributed by atoms with Gasteiger partial charge in [-0.3, -0.25) is 4.79 Å². The fraction of sp³-hybridized carbons (Fsp3) is 0.500. The lowest BCUT2D eigenvalue weighted by atomic mass is 10.0. The number of nitrogens with zero attached hydrogens (tertiary/aromatic N) is 2. The van der Waals surface area contributed by atoms with E-state index < -0.39 is 5.97 Å². The van der Waals surface area contributed by atoms with E-state index >= 15 is 0 Å². The minimum atomic E-state index is -0.873. The van der Waals surface area contributed by atoms with Crippen LogP contribution in [0.1, 0.15) is 30.9 Å². The number of hydrogen-bond donors (Lipinski definition) is 1. The molecular weight excluding hydrogens is 268 g/mol. The number of amides is 2. The van der Waals surface area contributed by atoms with Crippen molar-refractivity contribution < 1.29 is 14.7 Å². The highest BCUT2D eigenvalue weighted by atomic mass is 16.4. The van der Waals surface area contributed by atoms with Gasteiger partial charge in [0, 0.05) is 26.2 Å². The molecular formula is C16H22N2O3. The van der Waals surface area contributed by atoms with Gasteiger partial charge in [-0.25, -0.2) is 4.79 Å². The van der Waals surface area contributed by atoms with Gasteiger partial charge in [-0.1, -0.05) is 24.3 Å². The van der Waals surface area contributed by atoms with Gasteiger partial charge in [0.1, 0.15) is 0 Å². The molecule has 5 heteroatoms. The van der Waals surface area contributed by atoms with Gasteiger partial charge in [-0.15, -0.1) is 0 Å². The van der Waals surface area contributed by atoms with Crippen LogP contribution in [0.3, 0.4) is 0 Å². The number of carboxylic acids is 1. The van der Waals surface area contributed by atoms with Crippen molar-refractivity contribution in [2.75, 3.05) is 19.6 Å². The lowest BCUT2D eigenvalue weighted by Crippen LogP contribution is -2.43. The Morgan fingerprint density at radius 1 is 1.29 bits per heavy atom. The molecule has 5 nitrogen and oxygen atoms in total. The molecule has 1 N–H and O–H groups in total. The summed E-state index contributed by atoms with van der Waals surface area (Å²) >= 11 is 0. The van der Waals surface area contributed by atoms with Gasteiger partial charge in [0.15, 0.2) is 0 Å². The fourth-order valence-corrected chi connectivity index (χ4v) is 2.68. The molecule has 2 amide bonds. The third kappa shape index (κ3) is 3.97. The number of rotatable bonds is 4. The molecule has 0 bridgehead atoms. The number of benzene rings is 1. The van der Waals surface area contributed by atoms with E-state index in [1.54, 1.807) is 4.90 Å². The average Bonchev–Trinajstić information content (AvgIpc) is 2.69. The van der Waals surface area contributed by atoms with Crippen molar-refractivity contribution in [3.8, 4) is 0 Å². The maximum Gasteiger partial charge on any atom is 0.320 e. The molecule has 21 heavy (non-hydrogen) atoms. The molecule has 1 aliphatic heterocycles. The molecule has 1 aromatic rings. The molecule has 0 atom stereocenters. The quantitative estimate of drug-likeness (QED) is 0.926. The second-order valence-corrected chi connectivity index (χ2v) is 5.30. The number of fused-ring (bicyclic) bond motifs is 1. The summed E-state index contributed by atoms with van der Waals surface area (Å²) in [5.41, 5.74) is 2.50. The van der Waals surface area contributed by atoms with E-state index in [0.717, 1.165) is 19.4 Å². The predicted molar refractivity (Wildman–Crippen MR) is 80.1 cm³/mol. The molecule has 1 aliphatic rings. The maximum atomic E-state index is 12.6. The summed E-state index contributed by atoms with van der Waals surface area (Å²) < 4.78 is 0. The van der Waals surface area contributed by atoms with E-state index in [9.17, 15) is 9.59 Å². The highest BCUT2D eigenvalue weighted by Gasteiger charge is 2.23. The van der Waals surface area contributed by atoms with Crippen LogP contribution in [-0.4, -0.2) is 46.5 Å².